The average Bonchev–Trinajstić information content (AvgIpc) is 2.91. The second-order valence-electron chi connectivity index (χ2n) is 3.10. The van der Waals surface area contributed by atoms with Crippen molar-refractivity contribution >= 4 is 12.3 Å². The van der Waals surface area contributed by atoms with Gasteiger partial charge in [-0.1, -0.05) is 5.92 Å². The van der Waals surface area contributed by atoms with E-state index in [1.165, 1.54) is 7.11 Å². The first kappa shape index (κ1) is 9.79. The van der Waals surface area contributed by atoms with Gasteiger partial charge in [0.25, 0.3) is 0 Å². The number of rotatable bonds is 3. The maximum atomic E-state index is 11.0. The fraction of sp³-hybridized carbons (Fsp3) is 0.600. The summed E-state index contributed by atoms with van der Waals surface area (Å²) in [6.07, 6.45) is 3.08. The molecule has 0 amide bonds. The van der Waals surface area contributed by atoms with E-state index in [-0.39, 0.29) is 11.9 Å². The van der Waals surface area contributed by atoms with Crippen LogP contribution in [0.2, 0.25) is 0 Å². The largest absolute Gasteiger partial charge is 0.469 e. The van der Waals surface area contributed by atoms with Crippen LogP contribution in [-0.2, 0) is 14.3 Å². The molecule has 0 radical (unpaired) electrons. The third-order valence-electron chi connectivity index (χ3n) is 2.23. The van der Waals surface area contributed by atoms with Crippen molar-refractivity contribution in [2.45, 2.75) is 19.3 Å². The molecule has 0 aromatic carbocycles. The molecule has 0 aromatic rings. The number of hydrogen-bond acceptors (Lipinski definition) is 3. The Labute approximate surface area is 77.5 Å². The van der Waals surface area contributed by atoms with Crippen LogP contribution in [0.5, 0.6) is 0 Å². The van der Waals surface area contributed by atoms with Gasteiger partial charge in [-0.3, -0.25) is 9.59 Å². The van der Waals surface area contributed by atoms with Crippen molar-refractivity contribution in [2.24, 2.45) is 11.8 Å². The van der Waals surface area contributed by atoms with E-state index in [2.05, 4.69) is 16.6 Å². The van der Waals surface area contributed by atoms with Crippen molar-refractivity contribution in [3.05, 3.63) is 0 Å². The van der Waals surface area contributed by atoms with Gasteiger partial charge in [0.15, 0.2) is 6.29 Å². The predicted octanol–water partition coefficient (Wildman–Crippen LogP) is 0.778. The summed E-state index contributed by atoms with van der Waals surface area (Å²) < 4.78 is 4.60. The minimum atomic E-state index is -0.117. The smallest absolute Gasteiger partial charge is 0.308 e. The zero-order chi connectivity index (χ0) is 9.68. The quantitative estimate of drug-likeness (QED) is 0.366. The van der Waals surface area contributed by atoms with Crippen molar-refractivity contribution in [1.82, 2.24) is 0 Å². The molecule has 0 bridgehead atoms. The van der Waals surface area contributed by atoms with Crippen LogP contribution in [0.1, 0.15) is 19.3 Å². The molecular formula is C10H12O3. The van der Waals surface area contributed by atoms with Crippen LogP contribution in [0.3, 0.4) is 0 Å². The van der Waals surface area contributed by atoms with Crippen molar-refractivity contribution in [3.63, 3.8) is 0 Å². The fourth-order valence-electron chi connectivity index (χ4n) is 1.38. The van der Waals surface area contributed by atoms with Gasteiger partial charge in [-0.05, 0) is 24.7 Å². The predicted molar refractivity (Wildman–Crippen MR) is 46.7 cm³/mol. The Balaban J connectivity index is 2.14. The van der Waals surface area contributed by atoms with Crippen molar-refractivity contribution < 1.29 is 14.3 Å². The average molecular weight is 180 g/mol. The number of hydrogen-bond donors (Lipinski definition) is 0. The van der Waals surface area contributed by atoms with Gasteiger partial charge in [0.05, 0.1) is 13.0 Å². The SMILES string of the molecule is COC(=O)C1CC1CCC#CC=O. The molecule has 2 atom stereocenters. The zero-order valence-electron chi connectivity index (χ0n) is 7.58. The Morgan fingerprint density at radius 3 is 3.08 bits per heavy atom. The Kier molecular flexibility index (Phi) is 3.51. The fourth-order valence-corrected chi connectivity index (χ4v) is 1.38. The number of ether oxygens (including phenoxy) is 1. The lowest BCUT2D eigenvalue weighted by Gasteiger charge is -1.95. The summed E-state index contributed by atoms with van der Waals surface area (Å²) in [6.45, 7) is 0. The highest BCUT2D eigenvalue weighted by atomic mass is 16.5. The Bertz CT molecular complexity index is 259. The second kappa shape index (κ2) is 4.66. The third-order valence-corrected chi connectivity index (χ3v) is 2.23. The lowest BCUT2D eigenvalue weighted by atomic mass is 10.2. The summed E-state index contributed by atoms with van der Waals surface area (Å²) >= 11 is 0. The number of esters is 1. The van der Waals surface area contributed by atoms with Crippen LogP contribution in [0.15, 0.2) is 0 Å². The minimum Gasteiger partial charge on any atom is -0.469 e. The number of methoxy groups -OCH3 is 1. The normalized spacial score (nSPS) is 24.1. The summed E-state index contributed by atoms with van der Waals surface area (Å²) in [5.74, 6) is 5.45. The summed E-state index contributed by atoms with van der Waals surface area (Å²) in [7, 11) is 1.41. The first-order chi connectivity index (χ1) is 6.29. The molecule has 1 fully saturated rings. The topological polar surface area (TPSA) is 43.4 Å². The molecule has 0 N–H and O–H groups in total. The monoisotopic (exact) mass is 180 g/mol. The molecular weight excluding hydrogens is 168 g/mol. The maximum absolute atomic E-state index is 11.0. The molecule has 0 aromatic heterocycles. The Hall–Kier alpha value is -1.30. The summed E-state index contributed by atoms with van der Waals surface area (Å²) in [6, 6.07) is 0. The molecule has 3 heteroatoms. The molecule has 0 spiro atoms. The summed E-state index contributed by atoms with van der Waals surface area (Å²) in [5.41, 5.74) is 0. The van der Waals surface area contributed by atoms with E-state index >= 15 is 0 Å². The van der Waals surface area contributed by atoms with Crippen LogP contribution in [-0.4, -0.2) is 19.4 Å². The molecule has 1 aliphatic rings. The van der Waals surface area contributed by atoms with E-state index < -0.39 is 0 Å². The van der Waals surface area contributed by atoms with Crippen LogP contribution in [0, 0.1) is 23.7 Å². The van der Waals surface area contributed by atoms with E-state index in [1.54, 1.807) is 0 Å². The summed E-state index contributed by atoms with van der Waals surface area (Å²) in [4.78, 5) is 20.8. The maximum Gasteiger partial charge on any atom is 0.308 e. The lowest BCUT2D eigenvalue weighted by Crippen LogP contribution is -2.04. The molecule has 0 aliphatic heterocycles. The van der Waals surface area contributed by atoms with Crippen LogP contribution in [0.4, 0.5) is 0 Å². The Morgan fingerprint density at radius 1 is 1.69 bits per heavy atom. The van der Waals surface area contributed by atoms with Crippen molar-refractivity contribution in [1.29, 1.82) is 0 Å². The van der Waals surface area contributed by atoms with Gasteiger partial charge in [0, 0.05) is 6.42 Å². The zero-order valence-corrected chi connectivity index (χ0v) is 7.58. The highest BCUT2D eigenvalue weighted by molar-refractivity contribution is 5.75. The standard InChI is InChI=1S/C10H12O3/c1-13-10(12)9-7-8(9)5-3-2-4-6-11/h6,8-9H,3,5,7H2,1H3. The van der Waals surface area contributed by atoms with Crippen LogP contribution >= 0.6 is 0 Å². The van der Waals surface area contributed by atoms with Crippen molar-refractivity contribution in [2.75, 3.05) is 7.11 Å². The lowest BCUT2D eigenvalue weighted by molar-refractivity contribution is -0.142. The molecule has 1 saturated carbocycles. The number of carbonyl (C=O) groups is 2. The van der Waals surface area contributed by atoms with E-state index in [1.807, 2.05) is 0 Å². The molecule has 3 nitrogen and oxygen atoms in total. The van der Waals surface area contributed by atoms with Gasteiger partial charge in [0.2, 0.25) is 0 Å². The highest BCUT2D eigenvalue weighted by Crippen LogP contribution is 2.42. The van der Waals surface area contributed by atoms with E-state index in [9.17, 15) is 9.59 Å². The highest BCUT2D eigenvalue weighted by Gasteiger charge is 2.42. The molecule has 1 aliphatic carbocycles. The van der Waals surface area contributed by atoms with Gasteiger partial charge in [0.1, 0.15) is 0 Å². The molecule has 1 rings (SSSR count). The van der Waals surface area contributed by atoms with Crippen molar-refractivity contribution in [3.8, 4) is 11.8 Å². The van der Waals surface area contributed by atoms with Crippen LogP contribution < -0.4 is 0 Å². The molecule has 2 unspecified atom stereocenters. The molecule has 0 heterocycles. The first-order valence-corrected chi connectivity index (χ1v) is 4.29. The number of aldehydes is 1. The minimum absolute atomic E-state index is 0.0861. The summed E-state index contributed by atoms with van der Waals surface area (Å²) in [5, 5.41) is 0. The van der Waals surface area contributed by atoms with Gasteiger partial charge in [-0.25, -0.2) is 0 Å². The molecule has 13 heavy (non-hydrogen) atoms. The third kappa shape index (κ3) is 2.90. The van der Waals surface area contributed by atoms with E-state index in [4.69, 9.17) is 0 Å². The molecule has 0 saturated heterocycles. The van der Waals surface area contributed by atoms with Gasteiger partial charge in [-0.15, -0.1) is 0 Å². The first-order valence-electron chi connectivity index (χ1n) is 4.29. The van der Waals surface area contributed by atoms with E-state index in [0.717, 1.165) is 12.8 Å². The molecule has 70 valence electrons. The number of carbonyl (C=O) groups excluding carboxylic acids is 2. The second-order valence-corrected chi connectivity index (χ2v) is 3.10. The van der Waals surface area contributed by atoms with E-state index in [0.29, 0.717) is 18.6 Å². The van der Waals surface area contributed by atoms with Gasteiger partial charge < -0.3 is 4.74 Å². The van der Waals surface area contributed by atoms with Crippen LogP contribution in [0.25, 0.3) is 0 Å². The van der Waals surface area contributed by atoms with Gasteiger partial charge in [-0.2, -0.15) is 0 Å². The Morgan fingerprint density at radius 2 is 2.46 bits per heavy atom. The van der Waals surface area contributed by atoms with Gasteiger partial charge >= 0.3 is 5.97 Å².